The van der Waals surface area contributed by atoms with Crippen molar-refractivity contribution >= 4 is 29.9 Å². The van der Waals surface area contributed by atoms with E-state index in [1.165, 1.54) is 5.56 Å². The van der Waals surface area contributed by atoms with E-state index in [1.807, 2.05) is 13.0 Å². The molecule has 1 fully saturated rings. The number of aliphatic imine (C=N–C) groups is 1. The first kappa shape index (κ1) is 24.2. The van der Waals surface area contributed by atoms with E-state index in [0.717, 1.165) is 50.1 Å². The van der Waals surface area contributed by atoms with Crippen LogP contribution in [0, 0.1) is 6.92 Å². The van der Waals surface area contributed by atoms with E-state index in [0.29, 0.717) is 24.3 Å². The molecule has 0 amide bonds. The Morgan fingerprint density at radius 1 is 1.27 bits per heavy atom. The van der Waals surface area contributed by atoms with E-state index < -0.39 is 0 Å². The Morgan fingerprint density at radius 2 is 2.00 bits per heavy atom. The first-order valence-corrected chi connectivity index (χ1v) is 9.88. The molecule has 0 bridgehead atoms. The number of halogens is 1. The fourth-order valence-electron chi connectivity index (χ4n) is 3.38. The minimum Gasteiger partial charge on any atom is -0.497 e. The van der Waals surface area contributed by atoms with Gasteiger partial charge in [0.25, 0.3) is 0 Å². The second-order valence-electron chi connectivity index (χ2n) is 7.01. The minimum atomic E-state index is 0. The maximum absolute atomic E-state index is 5.38. The molecule has 10 heteroatoms. The summed E-state index contributed by atoms with van der Waals surface area (Å²) in [5, 5.41) is 10.7. The Kier molecular flexibility index (Phi) is 9.63. The van der Waals surface area contributed by atoms with Gasteiger partial charge in [0.2, 0.25) is 5.89 Å². The van der Waals surface area contributed by atoms with Crippen LogP contribution in [0.1, 0.15) is 30.6 Å². The summed E-state index contributed by atoms with van der Waals surface area (Å²) < 4.78 is 15.7. The average molecular weight is 530 g/mol. The predicted molar refractivity (Wildman–Crippen MR) is 126 cm³/mol. The van der Waals surface area contributed by atoms with Crippen LogP contribution in [0.4, 0.5) is 0 Å². The van der Waals surface area contributed by atoms with Crippen molar-refractivity contribution in [3.63, 3.8) is 0 Å². The predicted octanol–water partition coefficient (Wildman–Crippen LogP) is 2.34. The molecule has 0 spiro atoms. The minimum absolute atomic E-state index is 0. The second kappa shape index (κ2) is 11.9. The third kappa shape index (κ3) is 7.01. The van der Waals surface area contributed by atoms with E-state index in [-0.39, 0.29) is 24.0 Å². The van der Waals surface area contributed by atoms with Gasteiger partial charge < -0.3 is 24.6 Å². The first-order chi connectivity index (χ1) is 14.1. The second-order valence-corrected chi connectivity index (χ2v) is 7.01. The number of guanidine groups is 1. The molecule has 166 valence electrons. The SMILES string of the molecule is CCNC(=NCc1noc(C)n1)NC1CCN(Cc2cc(OC)cc(OC)c2)C1.I. The van der Waals surface area contributed by atoms with Crippen LogP contribution in [0.5, 0.6) is 11.5 Å². The van der Waals surface area contributed by atoms with E-state index in [1.54, 1.807) is 21.1 Å². The molecule has 1 aromatic carbocycles. The smallest absolute Gasteiger partial charge is 0.223 e. The zero-order valence-corrected chi connectivity index (χ0v) is 20.3. The highest BCUT2D eigenvalue weighted by Gasteiger charge is 2.23. The van der Waals surface area contributed by atoms with Gasteiger partial charge in [-0.1, -0.05) is 5.16 Å². The molecule has 3 rings (SSSR count). The van der Waals surface area contributed by atoms with Crippen LogP contribution in [0.3, 0.4) is 0 Å². The summed E-state index contributed by atoms with van der Waals surface area (Å²) in [4.78, 5) is 11.2. The number of rotatable bonds is 8. The number of ether oxygens (including phenoxy) is 2. The fraction of sp³-hybridized carbons (Fsp3) is 0.550. The summed E-state index contributed by atoms with van der Waals surface area (Å²) in [5.41, 5.74) is 1.18. The lowest BCUT2D eigenvalue weighted by Crippen LogP contribution is -2.44. The van der Waals surface area contributed by atoms with Crippen LogP contribution in [0.2, 0.25) is 0 Å². The number of nitrogens with one attached hydrogen (secondary N) is 2. The van der Waals surface area contributed by atoms with Crippen LogP contribution in [0.25, 0.3) is 0 Å². The third-order valence-electron chi connectivity index (χ3n) is 4.72. The van der Waals surface area contributed by atoms with Gasteiger partial charge in [0.1, 0.15) is 18.0 Å². The summed E-state index contributed by atoms with van der Waals surface area (Å²) in [6.45, 7) is 7.79. The van der Waals surface area contributed by atoms with Gasteiger partial charge in [-0.25, -0.2) is 4.99 Å². The van der Waals surface area contributed by atoms with Crippen LogP contribution >= 0.6 is 24.0 Å². The van der Waals surface area contributed by atoms with Crippen molar-refractivity contribution in [2.75, 3.05) is 33.9 Å². The molecule has 0 radical (unpaired) electrons. The Labute approximate surface area is 194 Å². The molecular formula is C20H31IN6O3. The molecule has 2 heterocycles. The maximum Gasteiger partial charge on any atom is 0.223 e. The summed E-state index contributed by atoms with van der Waals surface area (Å²) in [6, 6.07) is 6.33. The number of aromatic nitrogens is 2. The van der Waals surface area contributed by atoms with E-state index in [4.69, 9.17) is 14.0 Å². The molecule has 1 aliphatic rings. The van der Waals surface area contributed by atoms with Crippen molar-refractivity contribution in [1.82, 2.24) is 25.7 Å². The largest absolute Gasteiger partial charge is 0.497 e. The van der Waals surface area contributed by atoms with Gasteiger partial charge >= 0.3 is 0 Å². The van der Waals surface area contributed by atoms with Gasteiger partial charge in [-0.05, 0) is 31.0 Å². The zero-order valence-electron chi connectivity index (χ0n) is 18.0. The highest BCUT2D eigenvalue weighted by Crippen LogP contribution is 2.24. The van der Waals surface area contributed by atoms with Crippen molar-refractivity contribution in [2.24, 2.45) is 4.99 Å². The van der Waals surface area contributed by atoms with Crippen molar-refractivity contribution < 1.29 is 14.0 Å². The maximum atomic E-state index is 5.38. The van der Waals surface area contributed by atoms with Crippen molar-refractivity contribution in [2.45, 2.75) is 39.4 Å². The molecule has 0 aliphatic carbocycles. The molecule has 2 aromatic rings. The molecule has 1 aliphatic heterocycles. The van der Waals surface area contributed by atoms with Gasteiger partial charge in [-0.3, -0.25) is 4.90 Å². The van der Waals surface area contributed by atoms with Crippen LogP contribution in [-0.2, 0) is 13.1 Å². The molecule has 30 heavy (non-hydrogen) atoms. The Balaban J connectivity index is 0.00000320. The van der Waals surface area contributed by atoms with Crippen LogP contribution in [-0.4, -0.2) is 60.9 Å². The number of hydrogen-bond donors (Lipinski definition) is 2. The lowest BCUT2D eigenvalue weighted by Gasteiger charge is -2.19. The molecule has 2 N–H and O–H groups in total. The Hall–Kier alpha value is -2.08. The highest BCUT2D eigenvalue weighted by atomic mass is 127. The lowest BCUT2D eigenvalue weighted by molar-refractivity contribution is 0.321. The summed E-state index contributed by atoms with van der Waals surface area (Å²) in [5.74, 6) is 3.52. The van der Waals surface area contributed by atoms with Gasteiger partial charge in [-0.2, -0.15) is 4.98 Å². The standard InChI is InChI=1S/C20H30N6O3.HI/c1-5-21-20(22-11-19-23-14(2)29-25-19)24-16-6-7-26(13-16)12-15-8-17(27-3)10-18(9-15)28-4;/h8-10,16H,5-7,11-13H2,1-4H3,(H2,21,22,24);1H. The highest BCUT2D eigenvalue weighted by molar-refractivity contribution is 14.0. The summed E-state index contributed by atoms with van der Waals surface area (Å²) in [7, 11) is 3.34. The average Bonchev–Trinajstić information content (AvgIpc) is 3.34. The number of nitrogens with zero attached hydrogens (tertiary/aromatic N) is 4. The molecular weight excluding hydrogens is 499 g/mol. The molecule has 1 aromatic heterocycles. The van der Waals surface area contributed by atoms with Gasteiger partial charge in [0, 0.05) is 45.2 Å². The van der Waals surface area contributed by atoms with Gasteiger partial charge in [-0.15, -0.1) is 24.0 Å². The molecule has 0 saturated carbocycles. The quantitative estimate of drug-likeness (QED) is 0.305. The summed E-state index contributed by atoms with van der Waals surface area (Å²) in [6.07, 6.45) is 1.05. The van der Waals surface area contributed by atoms with E-state index in [9.17, 15) is 0 Å². The zero-order chi connectivity index (χ0) is 20.6. The van der Waals surface area contributed by atoms with Gasteiger partial charge in [0.15, 0.2) is 11.8 Å². The third-order valence-corrected chi connectivity index (χ3v) is 4.72. The normalized spacial score (nSPS) is 16.8. The number of benzene rings is 1. The molecule has 1 saturated heterocycles. The number of methoxy groups -OCH3 is 2. The van der Waals surface area contributed by atoms with E-state index in [2.05, 4.69) is 42.8 Å². The van der Waals surface area contributed by atoms with Crippen molar-refractivity contribution in [3.05, 3.63) is 35.5 Å². The van der Waals surface area contributed by atoms with Crippen LogP contribution in [0.15, 0.2) is 27.7 Å². The van der Waals surface area contributed by atoms with E-state index >= 15 is 0 Å². The molecule has 1 atom stereocenters. The fourth-order valence-corrected chi connectivity index (χ4v) is 3.38. The number of aryl methyl sites for hydroxylation is 1. The first-order valence-electron chi connectivity index (χ1n) is 9.88. The molecule has 9 nitrogen and oxygen atoms in total. The monoisotopic (exact) mass is 530 g/mol. The van der Waals surface area contributed by atoms with Crippen molar-refractivity contribution in [3.8, 4) is 11.5 Å². The molecule has 1 unspecified atom stereocenters. The number of likely N-dealkylation sites (tertiary alicyclic amines) is 1. The Morgan fingerprint density at radius 3 is 2.60 bits per heavy atom. The van der Waals surface area contributed by atoms with Crippen molar-refractivity contribution in [1.29, 1.82) is 0 Å². The lowest BCUT2D eigenvalue weighted by atomic mass is 10.2. The topological polar surface area (TPSA) is 97.0 Å². The number of hydrogen-bond acceptors (Lipinski definition) is 7. The van der Waals surface area contributed by atoms with Crippen LogP contribution < -0.4 is 20.1 Å². The summed E-state index contributed by atoms with van der Waals surface area (Å²) >= 11 is 0. The Bertz CT molecular complexity index is 806. The van der Waals surface area contributed by atoms with Gasteiger partial charge in [0.05, 0.1) is 14.2 Å².